The van der Waals surface area contributed by atoms with E-state index in [-0.39, 0.29) is 106 Å². The van der Waals surface area contributed by atoms with Gasteiger partial charge in [-0.15, -0.1) is 0 Å². The van der Waals surface area contributed by atoms with Crippen LogP contribution in [0.4, 0.5) is 0 Å². The Morgan fingerprint density at radius 1 is 0.806 bits per heavy atom. The number of ether oxygens (including phenoxy) is 10. The minimum absolute atomic E-state index is 0.000354. The van der Waals surface area contributed by atoms with Crippen LogP contribution in [0.1, 0.15) is 41.0 Å². The monoisotopic (exact) mass is 884 g/mol. The molecular weight excluding hydrogens is 841 g/mol. The van der Waals surface area contributed by atoms with Gasteiger partial charge in [-0.3, -0.25) is 19.2 Å². The number of sulfone groups is 1. The fourth-order valence-corrected chi connectivity index (χ4v) is 8.33. The highest BCUT2D eigenvalue weighted by atomic mass is 32.2. The molecule has 7 rings (SSSR count). The SMILES string of the molecule is COC(=O)c1cc(OC)c2c(c1-c1c(C(=O)OCCN3CCN(CC(=O)OC(C)(C)CCOc4no[n+]([O-])c4S(=O)(=O)c4ccccc4)CC3)cc(OC)c3c1OCO3)OCO2. The third-order valence-corrected chi connectivity index (χ3v) is 11.9. The second-order valence-corrected chi connectivity index (χ2v) is 16.4. The van der Waals surface area contributed by atoms with E-state index < -0.39 is 44.3 Å². The summed E-state index contributed by atoms with van der Waals surface area (Å²) in [6.45, 7) is 5.43. The molecule has 3 aliphatic heterocycles. The average Bonchev–Trinajstić information content (AvgIpc) is 4.04. The Bertz CT molecular complexity index is 2430. The van der Waals surface area contributed by atoms with Gasteiger partial charge >= 0.3 is 28.8 Å². The maximum atomic E-state index is 13.9. The minimum Gasteiger partial charge on any atom is -0.493 e. The summed E-state index contributed by atoms with van der Waals surface area (Å²) in [7, 11) is -0.244. The van der Waals surface area contributed by atoms with Gasteiger partial charge in [0.2, 0.25) is 25.1 Å². The predicted octanol–water partition coefficient (Wildman–Crippen LogP) is 2.63. The van der Waals surface area contributed by atoms with Gasteiger partial charge in [-0.1, -0.05) is 18.2 Å². The van der Waals surface area contributed by atoms with Gasteiger partial charge in [0.1, 0.15) is 12.2 Å². The van der Waals surface area contributed by atoms with E-state index in [9.17, 15) is 28.0 Å². The highest BCUT2D eigenvalue weighted by molar-refractivity contribution is 7.91. The quantitative estimate of drug-likeness (QED) is 0.0841. The Hall–Kier alpha value is -6.52. The molecule has 0 N–H and O–H groups in total. The van der Waals surface area contributed by atoms with Gasteiger partial charge < -0.3 is 52.6 Å². The third kappa shape index (κ3) is 8.92. The minimum atomic E-state index is -4.29. The van der Waals surface area contributed by atoms with Gasteiger partial charge in [-0.2, -0.15) is 0 Å². The number of carbonyl (C=O) groups is 3. The molecule has 22 heteroatoms. The van der Waals surface area contributed by atoms with Gasteiger partial charge in [0.15, 0.2) is 23.0 Å². The lowest BCUT2D eigenvalue weighted by Gasteiger charge is -2.34. The van der Waals surface area contributed by atoms with E-state index in [0.29, 0.717) is 32.7 Å². The van der Waals surface area contributed by atoms with Gasteiger partial charge in [-0.25, -0.2) is 18.0 Å². The standard InChI is InChI=1S/C40H44N4O17S/c1-40(2,11-17-54-36-37(44(48)61-41-36)62(49,50)24-9-7-6-8-10-24)60-29(45)21-43-14-12-42(13-15-43)16-18-55-39(47)26-20-28(52-4)33-35(59-23-57-33)31(26)30-25(38(46)53-5)19-27(51-3)32-34(30)58-22-56-32/h6-10,19-20H,11-18,21-23H2,1-5H3. The van der Waals surface area contributed by atoms with Crippen LogP contribution in [-0.2, 0) is 28.8 Å². The number of hydrogen-bond acceptors (Lipinski definition) is 20. The van der Waals surface area contributed by atoms with Crippen molar-refractivity contribution in [3.8, 4) is 51.5 Å². The van der Waals surface area contributed by atoms with Crippen molar-refractivity contribution in [2.24, 2.45) is 0 Å². The molecule has 4 heterocycles. The summed E-state index contributed by atoms with van der Waals surface area (Å²) in [5, 5.41) is 14.9. The Morgan fingerprint density at radius 3 is 1.95 bits per heavy atom. The molecule has 0 saturated carbocycles. The first kappa shape index (κ1) is 43.6. The van der Waals surface area contributed by atoms with Gasteiger partial charge in [0.05, 0.1) is 55.7 Å². The van der Waals surface area contributed by atoms with Gasteiger partial charge in [0, 0.05) is 50.3 Å². The van der Waals surface area contributed by atoms with Crippen molar-refractivity contribution in [2.75, 3.05) is 87.4 Å². The van der Waals surface area contributed by atoms with E-state index in [0.717, 1.165) is 0 Å². The van der Waals surface area contributed by atoms with Crippen molar-refractivity contribution in [3.05, 3.63) is 58.8 Å². The van der Waals surface area contributed by atoms with E-state index in [1.165, 1.54) is 57.7 Å². The highest BCUT2D eigenvalue weighted by Gasteiger charge is 2.39. The Labute approximate surface area is 355 Å². The average molecular weight is 885 g/mol. The second-order valence-electron chi connectivity index (χ2n) is 14.6. The van der Waals surface area contributed by atoms with Crippen molar-refractivity contribution in [1.82, 2.24) is 15.0 Å². The van der Waals surface area contributed by atoms with Crippen LogP contribution < -0.4 is 38.1 Å². The third-order valence-electron chi connectivity index (χ3n) is 10.2. The van der Waals surface area contributed by atoms with Crippen LogP contribution in [0.25, 0.3) is 11.1 Å². The molecule has 62 heavy (non-hydrogen) atoms. The molecule has 0 bridgehead atoms. The number of fused-ring (bicyclic) bond motifs is 2. The maximum absolute atomic E-state index is 13.9. The molecule has 0 unspecified atom stereocenters. The molecule has 1 saturated heterocycles. The lowest BCUT2D eigenvalue weighted by Crippen LogP contribution is -2.49. The van der Waals surface area contributed by atoms with E-state index in [4.69, 9.17) is 47.4 Å². The lowest BCUT2D eigenvalue weighted by atomic mass is 9.92. The Kier molecular flexibility index (Phi) is 12.8. The summed E-state index contributed by atoms with van der Waals surface area (Å²) in [6, 6.07) is 10.2. The summed E-state index contributed by atoms with van der Waals surface area (Å²) >= 11 is 0. The first-order chi connectivity index (χ1) is 29.8. The smallest absolute Gasteiger partial charge is 0.414 e. The number of aromatic nitrogens is 2. The molecule has 0 spiro atoms. The van der Waals surface area contributed by atoms with Gasteiger partial charge in [-0.05, 0) is 43.0 Å². The molecule has 1 fully saturated rings. The number of rotatable bonds is 17. The van der Waals surface area contributed by atoms with Crippen LogP contribution in [0.2, 0.25) is 0 Å². The molecule has 0 aliphatic carbocycles. The molecule has 332 valence electrons. The van der Waals surface area contributed by atoms with Crippen molar-refractivity contribution >= 4 is 27.7 Å². The fraction of sp³-hybridized carbons (Fsp3) is 0.425. The topological polar surface area (TPSA) is 237 Å². The zero-order chi connectivity index (χ0) is 44.2. The number of esters is 3. The van der Waals surface area contributed by atoms with Crippen LogP contribution in [0.15, 0.2) is 57.0 Å². The number of carbonyl (C=O) groups excluding carboxylic acids is 3. The van der Waals surface area contributed by atoms with Crippen molar-refractivity contribution in [1.29, 1.82) is 0 Å². The number of benzene rings is 3. The van der Waals surface area contributed by atoms with Crippen molar-refractivity contribution in [2.45, 2.75) is 35.8 Å². The highest BCUT2D eigenvalue weighted by Crippen LogP contribution is 2.56. The fourth-order valence-electron chi connectivity index (χ4n) is 7.03. The van der Waals surface area contributed by atoms with Crippen LogP contribution in [0.5, 0.6) is 40.4 Å². The molecule has 1 aromatic heterocycles. The Morgan fingerprint density at radius 2 is 1.37 bits per heavy atom. The molecule has 3 aromatic carbocycles. The number of nitrogens with zero attached hydrogens (tertiary/aromatic N) is 4. The molecule has 4 aromatic rings. The number of piperazine rings is 1. The summed E-state index contributed by atoms with van der Waals surface area (Å²) in [5.74, 6) is -1.34. The molecule has 0 atom stereocenters. The second kappa shape index (κ2) is 18.2. The zero-order valence-corrected chi connectivity index (χ0v) is 35.3. The van der Waals surface area contributed by atoms with Crippen LogP contribution in [-0.4, -0.2) is 134 Å². The Balaban J connectivity index is 0.928. The summed E-state index contributed by atoms with van der Waals surface area (Å²) in [6.07, 6.45) is 0.138. The number of hydrogen-bond donors (Lipinski definition) is 0. The molecule has 0 amide bonds. The van der Waals surface area contributed by atoms with E-state index in [1.807, 2.05) is 4.90 Å². The largest absolute Gasteiger partial charge is 0.493 e. The summed E-state index contributed by atoms with van der Waals surface area (Å²) in [5.41, 5.74) is -0.691. The molecule has 0 radical (unpaired) electrons. The molecule has 3 aliphatic rings. The van der Waals surface area contributed by atoms with Crippen LogP contribution in [0, 0.1) is 5.21 Å². The normalized spacial score (nSPS) is 14.9. The zero-order valence-electron chi connectivity index (χ0n) is 34.5. The van der Waals surface area contributed by atoms with E-state index >= 15 is 0 Å². The predicted molar refractivity (Wildman–Crippen MR) is 209 cm³/mol. The molecular formula is C40H44N4O17S. The van der Waals surface area contributed by atoms with E-state index in [1.54, 1.807) is 19.9 Å². The van der Waals surface area contributed by atoms with Crippen molar-refractivity contribution < 1.29 is 79.7 Å². The molecule has 21 nitrogen and oxygen atoms in total. The van der Waals surface area contributed by atoms with Crippen LogP contribution in [0.3, 0.4) is 0 Å². The lowest BCUT2D eigenvalue weighted by molar-refractivity contribution is -0.832. The maximum Gasteiger partial charge on any atom is 0.414 e. The summed E-state index contributed by atoms with van der Waals surface area (Å²) in [4.78, 5) is 43.7. The van der Waals surface area contributed by atoms with Crippen molar-refractivity contribution in [3.63, 3.8) is 0 Å². The number of methoxy groups -OCH3 is 3. The summed E-state index contributed by atoms with van der Waals surface area (Å²) < 4.78 is 86.7. The van der Waals surface area contributed by atoms with E-state index in [2.05, 4.69) is 14.7 Å². The van der Waals surface area contributed by atoms with Crippen LogP contribution >= 0.6 is 0 Å². The van der Waals surface area contributed by atoms with Gasteiger partial charge in [0.25, 0.3) is 9.84 Å². The first-order valence-corrected chi connectivity index (χ1v) is 20.7. The first-order valence-electron chi connectivity index (χ1n) is 19.2.